The van der Waals surface area contributed by atoms with E-state index in [4.69, 9.17) is 4.74 Å². The smallest absolute Gasteiger partial charge is 0.335 e. The van der Waals surface area contributed by atoms with Crippen molar-refractivity contribution in [2.24, 2.45) is 0 Å². The topological polar surface area (TPSA) is 71.5 Å². The number of rotatable bonds is 8. The highest BCUT2D eigenvalue weighted by molar-refractivity contribution is 7.17. The minimum absolute atomic E-state index is 0.133. The predicted octanol–water partition coefficient (Wildman–Crippen LogP) is 5.40. The number of alkyl halides is 2. The van der Waals surface area contributed by atoms with E-state index in [0.29, 0.717) is 35.6 Å². The maximum atomic E-state index is 13.9. The van der Waals surface area contributed by atoms with Crippen LogP contribution in [0, 0.1) is 0 Å². The zero-order chi connectivity index (χ0) is 22.6. The molecular weight excluding hydrogens is 421 g/mol. The number of aromatic carboxylic acids is 1. The van der Waals surface area contributed by atoms with Crippen LogP contribution < -0.4 is 10.1 Å². The van der Waals surface area contributed by atoms with Crippen LogP contribution in [0.1, 0.15) is 34.0 Å². The van der Waals surface area contributed by atoms with Crippen molar-refractivity contribution in [3.8, 4) is 16.9 Å². The van der Waals surface area contributed by atoms with Gasteiger partial charge in [-0.1, -0.05) is 9.24 Å². The molecule has 5 nitrogen and oxygen atoms in total. The normalized spacial score (nSPS) is 11.3. The predicted molar refractivity (Wildman–Crippen MR) is 120 cm³/mol. The average Bonchev–Trinajstić information content (AvgIpc) is 2.74. The van der Waals surface area contributed by atoms with Gasteiger partial charge < -0.3 is 15.2 Å². The zero-order valence-electron chi connectivity index (χ0n) is 17.2. The highest BCUT2D eigenvalue weighted by Crippen LogP contribution is 2.38. The maximum Gasteiger partial charge on any atom is 0.335 e. The summed E-state index contributed by atoms with van der Waals surface area (Å²) in [6.07, 6.45) is 3.56. The van der Waals surface area contributed by atoms with E-state index in [1.165, 1.54) is 12.1 Å². The van der Waals surface area contributed by atoms with Crippen molar-refractivity contribution < 1.29 is 23.4 Å². The van der Waals surface area contributed by atoms with Crippen LogP contribution in [0.4, 0.5) is 14.5 Å². The summed E-state index contributed by atoms with van der Waals surface area (Å²) in [4.78, 5) is 15.7. The first-order chi connectivity index (χ1) is 14.7. The number of benzene rings is 2. The summed E-state index contributed by atoms with van der Waals surface area (Å²) in [6.45, 7) is 2.23. The Kier molecular flexibility index (Phi) is 6.86. The van der Waals surface area contributed by atoms with Crippen LogP contribution in [0.3, 0.4) is 0 Å². The Morgan fingerprint density at radius 2 is 1.97 bits per heavy atom. The Bertz CT molecular complexity index is 1100. The number of ether oxygens (including phenoxy) is 1. The molecule has 3 aromatic rings. The Hall–Kier alpha value is -3.05. The summed E-state index contributed by atoms with van der Waals surface area (Å²) < 4.78 is 33.4. The molecule has 0 amide bonds. The largest absolute Gasteiger partial charge is 0.494 e. The summed E-state index contributed by atoms with van der Waals surface area (Å²) in [7, 11) is 3.26. The number of carboxylic acid groups (broad SMARTS) is 1. The standard InChI is InChI=1S/C23H23F2N2O3P/c1-3-30-21-5-4-18(23(24,25)31)10-15(21)9-17-13-27-7-6-20(17)14-8-16(22(28)29)12-19(11-14)26-2/h4-8,10-13,26H,3,9,31H2,1-2H3,(H,28,29). The fraction of sp³-hybridized carbons (Fsp3) is 0.217. The highest BCUT2D eigenvalue weighted by atomic mass is 31.0. The third-order valence-corrected chi connectivity index (χ3v) is 5.14. The molecule has 1 unspecified atom stereocenters. The quantitative estimate of drug-likeness (QED) is 0.455. The number of pyridine rings is 1. The van der Waals surface area contributed by atoms with E-state index in [9.17, 15) is 18.7 Å². The van der Waals surface area contributed by atoms with E-state index in [-0.39, 0.29) is 11.1 Å². The Morgan fingerprint density at radius 1 is 1.19 bits per heavy atom. The van der Waals surface area contributed by atoms with Crippen molar-refractivity contribution >= 4 is 20.9 Å². The molecule has 162 valence electrons. The molecule has 0 spiro atoms. The second-order valence-corrected chi connectivity index (χ2v) is 7.67. The average molecular weight is 444 g/mol. The number of aromatic nitrogens is 1. The SMILES string of the molecule is CCOc1ccc(C(F)(F)P)cc1Cc1cnccc1-c1cc(NC)cc(C(=O)O)c1. The number of hydrogen-bond donors (Lipinski definition) is 2. The number of nitrogens with zero attached hydrogens (tertiary/aromatic N) is 1. The third kappa shape index (κ3) is 5.36. The Morgan fingerprint density at radius 3 is 2.61 bits per heavy atom. The van der Waals surface area contributed by atoms with Gasteiger partial charge in [0.25, 0.3) is 5.66 Å². The molecule has 0 radical (unpaired) electrons. The first-order valence-corrected chi connectivity index (χ1v) is 10.2. The Labute approximate surface area is 181 Å². The number of hydrogen-bond acceptors (Lipinski definition) is 4. The lowest BCUT2D eigenvalue weighted by atomic mass is 9.94. The van der Waals surface area contributed by atoms with Crippen molar-refractivity contribution in [3.63, 3.8) is 0 Å². The first-order valence-electron chi connectivity index (χ1n) is 9.65. The van der Waals surface area contributed by atoms with E-state index < -0.39 is 11.6 Å². The van der Waals surface area contributed by atoms with E-state index in [0.717, 1.165) is 11.1 Å². The molecule has 0 aliphatic carbocycles. The van der Waals surface area contributed by atoms with E-state index in [1.54, 1.807) is 52.9 Å². The molecular formula is C23H23F2N2O3P. The van der Waals surface area contributed by atoms with Crippen LogP contribution in [0.25, 0.3) is 11.1 Å². The lowest BCUT2D eigenvalue weighted by Crippen LogP contribution is -2.06. The second kappa shape index (κ2) is 9.40. The molecule has 0 saturated heterocycles. The molecule has 1 atom stereocenters. The highest BCUT2D eigenvalue weighted by Gasteiger charge is 2.25. The first kappa shape index (κ1) is 22.6. The van der Waals surface area contributed by atoms with E-state index >= 15 is 0 Å². The van der Waals surface area contributed by atoms with Gasteiger partial charge in [-0.3, -0.25) is 4.98 Å². The molecule has 1 aromatic heterocycles. The number of nitrogens with one attached hydrogen (secondary N) is 1. The summed E-state index contributed by atoms with van der Waals surface area (Å²) >= 11 is 0. The van der Waals surface area contributed by atoms with Crippen molar-refractivity contribution in [3.05, 3.63) is 77.1 Å². The van der Waals surface area contributed by atoms with Crippen LogP contribution in [-0.4, -0.2) is 29.7 Å². The van der Waals surface area contributed by atoms with Crippen LogP contribution in [0.2, 0.25) is 0 Å². The molecule has 0 aliphatic rings. The van der Waals surface area contributed by atoms with Gasteiger partial charge in [0.15, 0.2) is 0 Å². The minimum atomic E-state index is -3.06. The molecule has 8 heteroatoms. The molecule has 0 saturated carbocycles. The molecule has 31 heavy (non-hydrogen) atoms. The number of carboxylic acids is 1. The lowest BCUT2D eigenvalue weighted by molar-refractivity contribution is 0.0697. The van der Waals surface area contributed by atoms with Crippen molar-refractivity contribution in [1.29, 1.82) is 0 Å². The molecule has 0 aliphatic heterocycles. The second-order valence-electron chi connectivity index (χ2n) is 6.94. The van der Waals surface area contributed by atoms with Crippen molar-refractivity contribution in [2.45, 2.75) is 19.0 Å². The minimum Gasteiger partial charge on any atom is -0.494 e. The van der Waals surface area contributed by atoms with Gasteiger partial charge in [0, 0.05) is 37.1 Å². The summed E-state index contributed by atoms with van der Waals surface area (Å²) in [5.74, 6) is -0.520. The zero-order valence-corrected chi connectivity index (χ0v) is 18.3. The lowest BCUT2D eigenvalue weighted by Gasteiger charge is -2.17. The van der Waals surface area contributed by atoms with Gasteiger partial charge in [-0.05, 0) is 71.6 Å². The van der Waals surface area contributed by atoms with Crippen LogP contribution in [0.15, 0.2) is 54.9 Å². The molecule has 2 aromatic carbocycles. The van der Waals surface area contributed by atoms with Gasteiger partial charge in [-0.2, -0.15) is 8.78 Å². The number of anilines is 1. The van der Waals surface area contributed by atoms with Gasteiger partial charge in [-0.15, -0.1) is 0 Å². The molecule has 0 fully saturated rings. The van der Waals surface area contributed by atoms with Gasteiger partial charge in [0.1, 0.15) is 5.75 Å². The summed E-state index contributed by atoms with van der Waals surface area (Å²) in [5.41, 5.74) is 0.408. The van der Waals surface area contributed by atoms with Gasteiger partial charge in [-0.25, -0.2) is 4.79 Å². The summed E-state index contributed by atoms with van der Waals surface area (Å²) in [5, 5.41) is 12.4. The summed E-state index contributed by atoms with van der Waals surface area (Å²) in [6, 6.07) is 11.1. The third-order valence-electron chi connectivity index (χ3n) is 4.81. The van der Waals surface area contributed by atoms with Crippen LogP contribution in [-0.2, 0) is 12.1 Å². The number of halogens is 2. The molecule has 0 bridgehead atoms. The number of carbonyl (C=O) groups is 1. The van der Waals surface area contributed by atoms with Crippen molar-refractivity contribution in [1.82, 2.24) is 4.98 Å². The molecule has 2 N–H and O–H groups in total. The van der Waals surface area contributed by atoms with Gasteiger partial charge in [0.2, 0.25) is 0 Å². The fourth-order valence-corrected chi connectivity index (χ4v) is 3.51. The van der Waals surface area contributed by atoms with E-state index in [1.807, 2.05) is 13.0 Å². The van der Waals surface area contributed by atoms with Crippen LogP contribution >= 0.6 is 9.24 Å². The van der Waals surface area contributed by atoms with Gasteiger partial charge >= 0.3 is 5.97 Å². The molecule has 1 heterocycles. The maximum absolute atomic E-state index is 13.9. The molecule has 3 rings (SSSR count). The van der Waals surface area contributed by atoms with Crippen LogP contribution in [0.5, 0.6) is 5.75 Å². The van der Waals surface area contributed by atoms with E-state index in [2.05, 4.69) is 10.3 Å². The fourth-order valence-electron chi connectivity index (χ4n) is 3.33. The van der Waals surface area contributed by atoms with Crippen molar-refractivity contribution in [2.75, 3.05) is 19.0 Å². The monoisotopic (exact) mass is 444 g/mol. The Balaban J connectivity index is 2.10. The van der Waals surface area contributed by atoms with Gasteiger partial charge in [0.05, 0.1) is 12.2 Å².